The number of aliphatic hydroxyl groups is 1. The number of aliphatic hydroxyl groups excluding tert-OH is 1. The number of methoxy groups -OCH3 is 1. The zero-order valence-corrected chi connectivity index (χ0v) is 30.5. The summed E-state index contributed by atoms with van der Waals surface area (Å²) in [5.74, 6) is -0.759. The number of rotatable bonds is 10. The van der Waals surface area contributed by atoms with Crippen molar-refractivity contribution in [1.29, 1.82) is 0 Å². The van der Waals surface area contributed by atoms with Crippen LogP contribution in [0.15, 0.2) is 76.5 Å². The fraction of sp³-hybridized carbons (Fsp3) is 0.457. The van der Waals surface area contributed by atoms with E-state index in [1.807, 2.05) is 13.8 Å². The minimum atomic E-state index is -4.13. The summed E-state index contributed by atoms with van der Waals surface area (Å²) in [6, 6.07) is 14.1. The maximum Gasteiger partial charge on any atom is 0.261 e. The highest BCUT2D eigenvalue weighted by atomic mass is 32.2. The Kier molecular flexibility index (Phi) is 13.2. The molecule has 1 aliphatic rings. The third-order valence-electron chi connectivity index (χ3n) is 8.63. The van der Waals surface area contributed by atoms with Gasteiger partial charge in [0, 0.05) is 38.3 Å². The Balaban J connectivity index is 1.66. The highest BCUT2D eigenvalue weighted by Crippen LogP contribution is 2.30. The Hall–Kier alpha value is -3.76. The quantitative estimate of drug-likeness (QED) is 0.301. The number of sulfonamides is 2. The first kappa shape index (κ1) is 39.0. The molecule has 15 heteroatoms. The molecule has 1 aliphatic heterocycles. The summed E-state index contributed by atoms with van der Waals surface area (Å²) >= 11 is 0. The molecule has 1 heterocycles. The Labute approximate surface area is 294 Å². The van der Waals surface area contributed by atoms with Crippen molar-refractivity contribution in [1.82, 2.24) is 9.21 Å². The number of amides is 1. The number of anilines is 1. The van der Waals surface area contributed by atoms with Gasteiger partial charge in [0.2, 0.25) is 10.0 Å². The lowest BCUT2D eigenvalue weighted by molar-refractivity contribution is -0.00834. The number of nitrogens with one attached hydrogen (secondary N) is 1. The van der Waals surface area contributed by atoms with Gasteiger partial charge < -0.3 is 24.2 Å². The lowest BCUT2D eigenvalue weighted by Crippen LogP contribution is -2.48. The second-order valence-corrected chi connectivity index (χ2v) is 16.3. The SMILES string of the molecule is COc1ccc(S(=O)(=O)N(C)C[C@@H]2OCCCC[C@H](C)Oc3ccc(NS(=O)(=O)c4ccc(F)cc4)cc3C(=O)N([C@H](C)CO)C[C@H]2C)cc1. The van der Waals surface area contributed by atoms with Crippen LogP contribution in [0.25, 0.3) is 0 Å². The molecule has 0 fully saturated rings. The van der Waals surface area contributed by atoms with E-state index < -0.39 is 49.8 Å². The van der Waals surface area contributed by atoms with Crippen molar-refractivity contribution in [3.63, 3.8) is 0 Å². The van der Waals surface area contributed by atoms with Gasteiger partial charge in [0.25, 0.3) is 15.9 Å². The van der Waals surface area contributed by atoms with Crippen LogP contribution in [0.5, 0.6) is 11.5 Å². The van der Waals surface area contributed by atoms with E-state index in [0.717, 1.165) is 30.7 Å². The fourth-order valence-electron chi connectivity index (χ4n) is 5.56. The second-order valence-electron chi connectivity index (χ2n) is 12.5. The van der Waals surface area contributed by atoms with E-state index in [2.05, 4.69) is 4.72 Å². The molecular formula is C35H46FN3O9S2. The molecule has 4 rings (SSSR count). The predicted octanol–water partition coefficient (Wildman–Crippen LogP) is 4.75. The second kappa shape index (κ2) is 17.0. The first-order valence-corrected chi connectivity index (χ1v) is 19.3. The lowest BCUT2D eigenvalue weighted by Gasteiger charge is -2.35. The summed E-state index contributed by atoms with van der Waals surface area (Å²) < 4.78 is 88.0. The molecule has 3 aromatic carbocycles. The van der Waals surface area contributed by atoms with Crippen molar-refractivity contribution in [2.75, 3.05) is 45.2 Å². The van der Waals surface area contributed by atoms with Gasteiger partial charge in [-0.25, -0.2) is 21.2 Å². The van der Waals surface area contributed by atoms with Crippen molar-refractivity contribution in [3.8, 4) is 11.5 Å². The molecule has 12 nitrogen and oxygen atoms in total. The Morgan fingerprint density at radius 2 is 1.68 bits per heavy atom. The average Bonchev–Trinajstić information content (AvgIpc) is 3.09. The number of carbonyl (C=O) groups is 1. The molecule has 0 saturated heterocycles. The number of ether oxygens (including phenoxy) is 3. The minimum absolute atomic E-state index is 0.00349. The van der Waals surface area contributed by atoms with Crippen LogP contribution in [0, 0.1) is 11.7 Å². The molecule has 274 valence electrons. The summed E-state index contributed by atoms with van der Waals surface area (Å²) in [6.45, 7) is 5.44. The van der Waals surface area contributed by atoms with E-state index in [-0.39, 0.29) is 52.6 Å². The van der Waals surface area contributed by atoms with E-state index in [1.165, 1.54) is 53.7 Å². The Morgan fingerprint density at radius 1 is 1.02 bits per heavy atom. The van der Waals surface area contributed by atoms with Crippen LogP contribution < -0.4 is 14.2 Å². The zero-order valence-electron chi connectivity index (χ0n) is 28.9. The number of carbonyl (C=O) groups excluding carboxylic acids is 1. The van der Waals surface area contributed by atoms with Gasteiger partial charge in [-0.05, 0) is 99.8 Å². The standard InChI is InChI=1S/C35H46FN3O9S2/c1-24-21-39(25(2)23-40)35(41)32-20-28(37-49(42,43)30-14-9-27(36)10-15-30)11-18-33(32)48-26(3)8-6-7-19-47-34(24)22-38(4)50(44,45)31-16-12-29(46-5)13-17-31/h9-18,20,24-26,34,37,40H,6-8,19,21-23H2,1-5H3/t24-,25-,26+,34+/m1/s1. The van der Waals surface area contributed by atoms with Gasteiger partial charge in [-0.15, -0.1) is 0 Å². The molecule has 0 aliphatic carbocycles. The number of hydrogen-bond acceptors (Lipinski definition) is 9. The molecule has 3 aromatic rings. The van der Waals surface area contributed by atoms with Crippen molar-refractivity contribution >= 4 is 31.6 Å². The number of benzene rings is 3. The Morgan fingerprint density at radius 3 is 2.32 bits per heavy atom. The van der Waals surface area contributed by atoms with Crippen molar-refractivity contribution in [2.45, 2.75) is 68.1 Å². The first-order chi connectivity index (χ1) is 23.7. The zero-order chi connectivity index (χ0) is 36.6. The maximum absolute atomic E-state index is 14.4. The lowest BCUT2D eigenvalue weighted by atomic mass is 10.0. The summed E-state index contributed by atoms with van der Waals surface area (Å²) in [5, 5.41) is 10.2. The molecule has 50 heavy (non-hydrogen) atoms. The van der Waals surface area contributed by atoms with Crippen LogP contribution >= 0.6 is 0 Å². The highest BCUT2D eigenvalue weighted by molar-refractivity contribution is 7.92. The number of fused-ring (bicyclic) bond motifs is 1. The summed E-state index contributed by atoms with van der Waals surface area (Å²) in [7, 11) is -5.05. The minimum Gasteiger partial charge on any atom is -0.497 e. The number of hydrogen-bond donors (Lipinski definition) is 2. The van der Waals surface area contributed by atoms with Gasteiger partial charge in [0.15, 0.2) is 0 Å². The number of likely N-dealkylation sites (N-methyl/N-ethyl adjacent to an activating group) is 1. The van der Waals surface area contributed by atoms with Crippen LogP contribution in [0.4, 0.5) is 10.1 Å². The van der Waals surface area contributed by atoms with Crippen LogP contribution in [0.3, 0.4) is 0 Å². The van der Waals surface area contributed by atoms with Crippen molar-refractivity contribution in [2.24, 2.45) is 5.92 Å². The molecule has 1 amide bonds. The smallest absolute Gasteiger partial charge is 0.261 e. The molecule has 0 unspecified atom stereocenters. The third-order valence-corrected chi connectivity index (χ3v) is 11.9. The Bertz CT molecular complexity index is 1810. The van der Waals surface area contributed by atoms with E-state index in [0.29, 0.717) is 25.2 Å². The van der Waals surface area contributed by atoms with E-state index in [9.17, 15) is 31.1 Å². The molecule has 2 N–H and O–H groups in total. The predicted molar refractivity (Wildman–Crippen MR) is 187 cm³/mol. The van der Waals surface area contributed by atoms with E-state index >= 15 is 0 Å². The molecule has 0 bridgehead atoms. The molecule has 0 spiro atoms. The van der Waals surface area contributed by atoms with Gasteiger partial charge in [0.05, 0.1) is 47.3 Å². The van der Waals surface area contributed by atoms with Crippen molar-refractivity contribution < 1.29 is 45.3 Å². The van der Waals surface area contributed by atoms with Crippen LogP contribution in [0.2, 0.25) is 0 Å². The summed E-state index contributed by atoms with van der Waals surface area (Å²) in [5.41, 5.74) is 0.146. The summed E-state index contributed by atoms with van der Waals surface area (Å²) in [6.07, 6.45) is 1.09. The van der Waals surface area contributed by atoms with Crippen LogP contribution in [0.1, 0.15) is 50.4 Å². The number of halogens is 1. The average molecular weight is 736 g/mol. The maximum atomic E-state index is 14.4. The largest absolute Gasteiger partial charge is 0.497 e. The number of nitrogens with zero attached hydrogens (tertiary/aromatic N) is 2. The van der Waals surface area contributed by atoms with Gasteiger partial charge in [-0.2, -0.15) is 4.31 Å². The fourth-order valence-corrected chi connectivity index (χ4v) is 7.79. The molecule has 0 aromatic heterocycles. The molecule has 0 radical (unpaired) electrons. The third kappa shape index (κ3) is 9.72. The molecular weight excluding hydrogens is 690 g/mol. The molecule has 0 saturated carbocycles. The van der Waals surface area contributed by atoms with Gasteiger partial charge in [-0.1, -0.05) is 6.92 Å². The topological polar surface area (TPSA) is 152 Å². The first-order valence-electron chi connectivity index (χ1n) is 16.4. The van der Waals surface area contributed by atoms with Gasteiger partial charge in [-0.3, -0.25) is 9.52 Å². The van der Waals surface area contributed by atoms with E-state index in [4.69, 9.17) is 14.2 Å². The molecule has 4 atom stereocenters. The van der Waals surface area contributed by atoms with Crippen LogP contribution in [-0.4, -0.2) is 95.8 Å². The normalized spacial score (nSPS) is 20.4. The van der Waals surface area contributed by atoms with Crippen LogP contribution in [-0.2, 0) is 24.8 Å². The van der Waals surface area contributed by atoms with Gasteiger partial charge in [0.1, 0.15) is 17.3 Å². The summed E-state index contributed by atoms with van der Waals surface area (Å²) in [4.78, 5) is 15.8. The van der Waals surface area contributed by atoms with E-state index in [1.54, 1.807) is 19.1 Å². The van der Waals surface area contributed by atoms with Crippen molar-refractivity contribution in [3.05, 3.63) is 78.1 Å². The highest BCUT2D eigenvalue weighted by Gasteiger charge is 2.32. The van der Waals surface area contributed by atoms with Gasteiger partial charge >= 0.3 is 0 Å². The monoisotopic (exact) mass is 735 g/mol.